The first-order chi connectivity index (χ1) is 17.0. The highest BCUT2D eigenvalue weighted by Gasteiger charge is 2.28. The van der Waals surface area contributed by atoms with Gasteiger partial charge in [0.2, 0.25) is 11.9 Å². The summed E-state index contributed by atoms with van der Waals surface area (Å²) >= 11 is 6.47. The molecule has 4 heterocycles. The zero-order valence-electron chi connectivity index (χ0n) is 19.0. The summed E-state index contributed by atoms with van der Waals surface area (Å²) in [7, 11) is 0. The van der Waals surface area contributed by atoms with Crippen LogP contribution >= 0.6 is 11.6 Å². The summed E-state index contributed by atoms with van der Waals surface area (Å²) in [5.74, 6) is -0.129. The minimum Gasteiger partial charge on any atom is -0.338 e. The number of carbonyl (C=O) groups excluding carboxylic acids is 2. The second-order valence-electron chi connectivity index (χ2n) is 8.73. The van der Waals surface area contributed by atoms with E-state index in [-0.39, 0.29) is 23.5 Å². The molecular weight excluding hydrogens is 471 g/mol. The van der Waals surface area contributed by atoms with Crippen molar-refractivity contribution in [3.05, 3.63) is 71.0 Å². The van der Waals surface area contributed by atoms with E-state index in [0.29, 0.717) is 54.0 Å². The van der Waals surface area contributed by atoms with Crippen molar-refractivity contribution in [2.24, 2.45) is 0 Å². The molecule has 2 aliphatic rings. The molecule has 0 aliphatic carbocycles. The van der Waals surface area contributed by atoms with Gasteiger partial charge in [-0.2, -0.15) is 0 Å². The molecular formula is C25H24ClFN6O2. The largest absolute Gasteiger partial charge is 0.338 e. The molecule has 35 heavy (non-hydrogen) atoms. The topological polar surface area (TPSA) is 91.3 Å². The van der Waals surface area contributed by atoms with E-state index in [0.717, 1.165) is 24.9 Å². The van der Waals surface area contributed by atoms with Gasteiger partial charge in [0.1, 0.15) is 5.82 Å². The number of amides is 2. The molecule has 2 amide bonds. The number of halogens is 2. The fourth-order valence-electron chi connectivity index (χ4n) is 4.58. The van der Waals surface area contributed by atoms with Gasteiger partial charge in [-0.25, -0.2) is 14.4 Å². The van der Waals surface area contributed by atoms with E-state index in [9.17, 15) is 14.0 Å². The van der Waals surface area contributed by atoms with Crippen molar-refractivity contribution in [2.75, 3.05) is 29.9 Å². The maximum Gasteiger partial charge on any atom is 0.253 e. The van der Waals surface area contributed by atoms with Gasteiger partial charge >= 0.3 is 0 Å². The Morgan fingerprint density at radius 2 is 1.94 bits per heavy atom. The molecule has 5 rings (SSSR count). The summed E-state index contributed by atoms with van der Waals surface area (Å²) in [5, 5.41) is 3.59. The van der Waals surface area contributed by atoms with Gasteiger partial charge in [0.05, 0.1) is 40.7 Å². The maximum absolute atomic E-state index is 13.3. The Morgan fingerprint density at radius 3 is 2.71 bits per heavy atom. The summed E-state index contributed by atoms with van der Waals surface area (Å²) < 4.78 is 13.3. The smallest absolute Gasteiger partial charge is 0.253 e. The molecule has 0 radical (unpaired) electrons. The van der Waals surface area contributed by atoms with Gasteiger partial charge in [-0.05, 0) is 49.6 Å². The van der Waals surface area contributed by atoms with Crippen molar-refractivity contribution in [1.82, 2.24) is 19.9 Å². The lowest BCUT2D eigenvalue weighted by atomic mass is 9.94. The third-order valence-electron chi connectivity index (χ3n) is 6.32. The monoisotopic (exact) mass is 494 g/mol. The first-order valence-electron chi connectivity index (χ1n) is 11.6. The molecule has 1 N–H and O–H groups in total. The van der Waals surface area contributed by atoms with Gasteiger partial charge in [-0.3, -0.25) is 14.6 Å². The molecule has 0 saturated carbocycles. The van der Waals surface area contributed by atoms with Gasteiger partial charge in [-0.15, -0.1) is 0 Å². The first kappa shape index (κ1) is 23.2. The van der Waals surface area contributed by atoms with E-state index in [4.69, 9.17) is 11.6 Å². The number of hydrogen-bond donors (Lipinski definition) is 1. The van der Waals surface area contributed by atoms with Crippen molar-refractivity contribution in [3.63, 3.8) is 0 Å². The Balaban J connectivity index is 1.32. The van der Waals surface area contributed by atoms with Crippen LogP contribution in [0.3, 0.4) is 0 Å². The molecule has 0 bridgehead atoms. The summed E-state index contributed by atoms with van der Waals surface area (Å²) in [4.78, 5) is 41.7. The number of hydrogen-bond acceptors (Lipinski definition) is 6. The van der Waals surface area contributed by atoms with Gasteiger partial charge in [0.15, 0.2) is 0 Å². The van der Waals surface area contributed by atoms with Crippen molar-refractivity contribution >= 4 is 40.7 Å². The number of carbonyl (C=O) groups is 2. The Morgan fingerprint density at radius 1 is 1.11 bits per heavy atom. The van der Waals surface area contributed by atoms with E-state index >= 15 is 0 Å². The third-order valence-corrected chi connectivity index (χ3v) is 6.61. The molecule has 1 atom stereocenters. The molecule has 1 aromatic carbocycles. The molecule has 0 spiro atoms. The molecule has 1 unspecified atom stereocenters. The van der Waals surface area contributed by atoms with E-state index in [1.165, 1.54) is 24.3 Å². The Hall–Kier alpha value is -3.59. The maximum atomic E-state index is 13.3. The molecule has 2 fully saturated rings. The van der Waals surface area contributed by atoms with Crippen LogP contribution in [-0.2, 0) is 4.79 Å². The van der Waals surface area contributed by atoms with Crippen LogP contribution in [0.4, 0.5) is 21.7 Å². The van der Waals surface area contributed by atoms with E-state index in [2.05, 4.69) is 20.3 Å². The fraction of sp³-hybridized carbons (Fsp3) is 0.320. The minimum atomic E-state index is -0.376. The lowest BCUT2D eigenvalue weighted by Crippen LogP contribution is -2.39. The first-order valence-corrected chi connectivity index (χ1v) is 12.0. The number of likely N-dealkylation sites (tertiary alicyclic amines) is 1. The number of anilines is 3. The van der Waals surface area contributed by atoms with Gasteiger partial charge in [0.25, 0.3) is 5.91 Å². The normalized spacial score (nSPS) is 18.1. The van der Waals surface area contributed by atoms with Crippen molar-refractivity contribution in [1.29, 1.82) is 0 Å². The van der Waals surface area contributed by atoms with E-state index in [1.807, 2.05) is 6.07 Å². The summed E-state index contributed by atoms with van der Waals surface area (Å²) in [6, 6.07) is 7.42. The quantitative estimate of drug-likeness (QED) is 0.559. The zero-order chi connectivity index (χ0) is 24.4. The Kier molecular flexibility index (Phi) is 6.59. The van der Waals surface area contributed by atoms with Gasteiger partial charge < -0.3 is 15.1 Å². The van der Waals surface area contributed by atoms with Crippen LogP contribution < -0.4 is 10.2 Å². The van der Waals surface area contributed by atoms with Crippen LogP contribution in [0.2, 0.25) is 5.02 Å². The highest BCUT2D eigenvalue weighted by Crippen LogP contribution is 2.32. The van der Waals surface area contributed by atoms with Crippen LogP contribution in [0.1, 0.15) is 47.7 Å². The predicted molar refractivity (Wildman–Crippen MR) is 130 cm³/mol. The number of nitrogens with one attached hydrogen (secondary N) is 1. The average molecular weight is 495 g/mol. The summed E-state index contributed by atoms with van der Waals surface area (Å²) in [6.45, 7) is 1.76. The number of rotatable bonds is 5. The van der Waals surface area contributed by atoms with Crippen molar-refractivity contribution in [2.45, 2.75) is 31.6 Å². The number of pyridine rings is 1. The summed E-state index contributed by atoms with van der Waals surface area (Å²) in [5.41, 5.74) is 2.51. The average Bonchev–Trinajstić information content (AvgIpc) is 3.31. The fourth-order valence-corrected chi connectivity index (χ4v) is 4.83. The van der Waals surface area contributed by atoms with Crippen molar-refractivity contribution in [3.8, 4) is 0 Å². The Bertz CT molecular complexity index is 1250. The van der Waals surface area contributed by atoms with E-state index < -0.39 is 0 Å². The standard InChI is InChI=1S/C25H24ClFN6O2/c26-21-14-29-25(30-19-11-20(13-28-12-19)33-10-2-4-22(33)34)31-23(21)17-3-1-9-32(15-17)24(35)16-5-7-18(27)8-6-16/h5-8,11-14,17H,1-4,9-10,15H2,(H,29,30,31). The summed E-state index contributed by atoms with van der Waals surface area (Å²) in [6.07, 6.45) is 7.87. The molecule has 180 valence electrons. The highest BCUT2D eigenvalue weighted by molar-refractivity contribution is 6.31. The molecule has 2 aliphatic heterocycles. The molecule has 2 aromatic heterocycles. The molecule has 8 nitrogen and oxygen atoms in total. The second-order valence-corrected chi connectivity index (χ2v) is 9.14. The van der Waals surface area contributed by atoms with Crippen LogP contribution in [0.15, 0.2) is 48.9 Å². The van der Waals surface area contributed by atoms with Gasteiger partial charge in [0, 0.05) is 37.5 Å². The second kappa shape index (κ2) is 9.95. The minimum absolute atomic E-state index is 0.0594. The number of nitrogens with zero attached hydrogens (tertiary/aromatic N) is 5. The number of piperidine rings is 1. The number of benzene rings is 1. The van der Waals surface area contributed by atoms with Crippen LogP contribution in [-0.4, -0.2) is 51.3 Å². The van der Waals surface area contributed by atoms with Gasteiger partial charge in [-0.1, -0.05) is 11.6 Å². The van der Waals surface area contributed by atoms with Crippen LogP contribution in [0, 0.1) is 5.82 Å². The highest BCUT2D eigenvalue weighted by atomic mass is 35.5. The van der Waals surface area contributed by atoms with E-state index in [1.54, 1.807) is 28.4 Å². The van der Waals surface area contributed by atoms with Crippen molar-refractivity contribution < 1.29 is 14.0 Å². The zero-order valence-corrected chi connectivity index (χ0v) is 19.7. The van der Waals surface area contributed by atoms with Crippen LogP contribution in [0.5, 0.6) is 0 Å². The third kappa shape index (κ3) is 5.09. The lowest BCUT2D eigenvalue weighted by Gasteiger charge is -2.33. The predicted octanol–water partition coefficient (Wildman–Crippen LogP) is 4.55. The molecule has 10 heteroatoms. The number of aromatic nitrogens is 3. The van der Waals surface area contributed by atoms with Crippen LogP contribution in [0.25, 0.3) is 0 Å². The molecule has 2 saturated heterocycles. The molecule has 3 aromatic rings. The Labute approximate surface area is 207 Å². The lowest BCUT2D eigenvalue weighted by molar-refractivity contribution is -0.117. The SMILES string of the molecule is O=C(c1ccc(F)cc1)N1CCCC(c2nc(Nc3cncc(N4CCCC4=O)c3)ncc2Cl)C1.